The van der Waals surface area contributed by atoms with Crippen molar-refractivity contribution in [3.05, 3.63) is 65.2 Å². The Morgan fingerprint density at radius 3 is 2.38 bits per heavy atom. The van der Waals surface area contributed by atoms with Crippen LogP contribution >= 0.6 is 0 Å². The van der Waals surface area contributed by atoms with Crippen molar-refractivity contribution in [3.63, 3.8) is 0 Å². The van der Waals surface area contributed by atoms with Crippen molar-refractivity contribution >= 4 is 12.2 Å². The third-order valence-electron chi connectivity index (χ3n) is 3.04. The van der Waals surface area contributed by atoms with E-state index in [9.17, 15) is 9.59 Å². The number of carbonyl (C=O) groups excluding carboxylic acids is 2. The average molecular weight is 284 g/mol. The molecule has 0 saturated carbocycles. The number of aldehydes is 1. The molecule has 0 unspecified atom stereocenters. The lowest BCUT2D eigenvalue weighted by molar-refractivity contribution is -0.120. The molecule has 21 heavy (non-hydrogen) atoms. The molecule has 2 aromatic carbocycles. The topological polar surface area (TPSA) is 81.4 Å². The molecule has 3 N–H and O–H groups in total. The van der Waals surface area contributed by atoms with E-state index in [-0.39, 0.29) is 12.3 Å². The van der Waals surface area contributed by atoms with Crippen molar-refractivity contribution < 1.29 is 14.3 Å². The van der Waals surface area contributed by atoms with Crippen LogP contribution in [0.2, 0.25) is 0 Å². The molecule has 0 saturated heterocycles. The molecule has 0 aliphatic carbocycles. The molecule has 0 aromatic heterocycles. The van der Waals surface area contributed by atoms with Crippen molar-refractivity contribution in [1.82, 2.24) is 5.43 Å². The first-order chi connectivity index (χ1) is 10.2. The first kappa shape index (κ1) is 14.7. The van der Waals surface area contributed by atoms with Crippen LogP contribution in [-0.2, 0) is 17.8 Å². The van der Waals surface area contributed by atoms with Gasteiger partial charge in [0.1, 0.15) is 18.6 Å². The van der Waals surface area contributed by atoms with Crippen LogP contribution in [0.5, 0.6) is 5.75 Å². The van der Waals surface area contributed by atoms with Gasteiger partial charge in [-0.05, 0) is 35.4 Å². The number of nitrogens with two attached hydrogens (primary N) is 1. The molecule has 108 valence electrons. The van der Waals surface area contributed by atoms with Crippen molar-refractivity contribution in [1.29, 1.82) is 0 Å². The number of benzene rings is 2. The van der Waals surface area contributed by atoms with Gasteiger partial charge in [0, 0.05) is 5.56 Å². The fraction of sp³-hybridized carbons (Fsp3) is 0.125. The maximum Gasteiger partial charge on any atom is 0.238 e. The van der Waals surface area contributed by atoms with E-state index in [0.29, 0.717) is 17.9 Å². The van der Waals surface area contributed by atoms with Crippen LogP contribution < -0.4 is 16.0 Å². The second kappa shape index (κ2) is 7.21. The highest BCUT2D eigenvalue weighted by atomic mass is 16.5. The van der Waals surface area contributed by atoms with E-state index >= 15 is 0 Å². The Kier molecular flexibility index (Phi) is 5.06. The van der Waals surface area contributed by atoms with E-state index in [2.05, 4.69) is 5.43 Å². The van der Waals surface area contributed by atoms with Crippen LogP contribution in [0, 0.1) is 0 Å². The number of hydrazine groups is 1. The normalized spacial score (nSPS) is 9.95. The number of nitrogens with one attached hydrogen (secondary N) is 1. The van der Waals surface area contributed by atoms with Crippen LogP contribution in [0.4, 0.5) is 0 Å². The molecular formula is C16H16N2O3. The standard InChI is InChI=1S/C16H16N2O3/c17-18-16(20)9-13-3-1-2-4-14(13)11-21-15-7-5-12(10-19)6-8-15/h1-8,10H,9,11,17H2,(H,18,20). The summed E-state index contributed by atoms with van der Waals surface area (Å²) in [5, 5.41) is 0. The summed E-state index contributed by atoms with van der Waals surface area (Å²) in [4.78, 5) is 22.0. The lowest BCUT2D eigenvalue weighted by Crippen LogP contribution is -2.31. The molecule has 1 amide bonds. The minimum atomic E-state index is -0.252. The monoisotopic (exact) mass is 284 g/mol. The van der Waals surface area contributed by atoms with E-state index in [1.54, 1.807) is 24.3 Å². The van der Waals surface area contributed by atoms with Crippen molar-refractivity contribution in [3.8, 4) is 5.75 Å². The second-order valence-electron chi connectivity index (χ2n) is 4.49. The van der Waals surface area contributed by atoms with E-state index < -0.39 is 0 Å². The van der Waals surface area contributed by atoms with E-state index in [0.717, 1.165) is 17.4 Å². The van der Waals surface area contributed by atoms with Gasteiger partial charge in [0.2, 0.25) is 5.91 Å². The molecule has 0 aliphatic heterocycles. The number of hydrogen-bond donors (Lipinski definition) is 2. The Labute approximate surface area is 122 Å². The highest BCUT2D eigenvalue weighted by molar-refractivity contribution is 5.78. The minimum Gasteiger partial charge on any atom is -0.489 e. The van der Waals surface area contributed by atoms with Gasteiger partial charge in [0.25, 0.3) is 0 Å². The summed E-state index contributed by atoms with van der Waals surface area (Å²) >= 11 is 0. The number of amides is 1. The van der Waals surface area contributed by atoms with Gasteiger partial charge in [0.15, 0.2) is 0 Å². The number of carbonyl (C=O) groups is 2. The predicted octanol–water partition coefficient (Wildman–Crippen LogP) is 1.61. The average Bonchev–Trinajstić information content (AvgIpc) is 2.54. The largest absolute Gasteiger partial charge is 0.489 e. The van der Waals surface area contributed by atoms with Gasteiger partial charge in [-0.25, -0.2) is 5.84 Å². The Morgan fingerprint density at radius 2 is 1.76 bits per heavy atom. The Hall–Kier alpha value is -2.66. The zero-order valence-corrected chi connectivity index (χ0v) is 11.4. The Bertz CT molecular complexity index is 624. The first-order valence-corrected chi connectivity index (χ1v) is 6.47. The summed E-state index contributed by atoms with van der Waals surface area (Å²) in [6.07, 6.45) is 0.991. The quantitative estimate of drug-likeness (QED) is 0.365. The highest BCUT2D eigenvalue weighted by Crippen LogP contribution is 2.16. The minimum absolute atomic E-state index is 0.208. The number of ether oxygens (including phenoxy) is 1. The molecule has 0 fully saturated rings. The SMILES string of the molecule is NNC(=O)Cc1ccccc1COc1ccc(C=O)cc1. The molecule has 5 nitrogen and oxygen atoms in total. The summed E-state index contributed by atoms with van der Waals surface area (Å²) in [5.74, 6) is 5.52. The molecule has 0 atom stereocenters. The summed E-state index contributed by atoms with van der Waals surface area (Å²) in [5.41, 5.74) is 4.50. The van der Waals surface area contributed by atoms with E-state index in [4.69, 9.17) is 10.6 Å². The molecular weight excluding hydrogens is 268 g/mol. The fourth-order valence-electron chi connectivity index (χ4n) is 1.90. The molecule has 0 heterocycles. The third kappa shape index (κ3) is 4.15. The maximum absolute atomic E-state index is 11.4. The fourth-order valence-corrected chi connectivity index (χ4v) is 1.90. The van der Waals surface area contributed by atoms with Crippen LogP contribution in [0.15, 0.2) is 48.5 Å². The van der Waals surface area contributed by atoms with Crippen LogP contribution in [0.3, 0.4) is 0 Å². The van der Waals surface area contributed by atoms with Crippen molar-refractivity contribution in [2.24, 2.45) is 5.84 Å². The van der Waals surface area contributed by atoms with Gasteiger partial charge in [-0.3, -0.25) is 15.0 Å². The summed E-state index contributed by atoms with van der Waals surface area (Å²) in [7, 11) is 0. The predicted molar refractivity (Wildman–Crippen MR) is 78.6 cm³/mol. The third-order valence-corrected chi connectivity index (χ3v) is 3.04. The molecule has 0 aliphatic rings. The molecule has 2 rings (SSSR count). The highest BCUT2D eigenvalue weighted by Gasteiger charge is 2.07. The van der Waals surface area contributed by atoms with Crippen LogP contribution in [-0.4, -0.2) is 12.2 Å². The number of rotatable bonds is 6. The lowest BCUT2D eigenvalue weighted by Gasteiger charge is -2.10. The van der Waals surface area contributed by atoms with Gasteiger partial charge in [0.05, 0.1) is 6.42 Å². The van der Waals surface area contributed by atoms with Crippen LogP contribution in [0.1, 0.15) is 21.5 Å². The number of hydrogen-bond acceptors (Lipinski definition) is 4. The smallest absolute Gasteiger partial charge is 0.238 e. The van der Waals surface area contributed by atoms with Crippen molar-refractivity contribution in [2.45, 2.75) is 13.0 Å². The Balaban J connectivity index is 2.05. The molecule has 5 heteroatoms. The zero-order chi connectivity index (χ0) is 15.1. The molecule has 2 aromatic rings. The molecule has 0 bridgehead atoms. The lowest BCUT2D eigenvalue weighted by atomic mass is 10.1. The van der Waals surface area contributed by atoms with Gasteiger partial charge < -0.3 is 4.74 Å². The van der Waals surface area contributed by atoms with Gasteiger partial charge >= 0.3 is 0 Å². The van der Waals surface area contributed by atoms with Crippen LogP contribution in [0.25, 0.3) is 0 Å². The summed E-state index contributed by atoms with van der Waals surface area (Å²) < 4.78 is 5.67. The van der Waals surface area contributed by atoms with Gasteiger partial charge in [-0.15, -0.1) is 0 Å². The first-order valence-electron chi connectivity index (χ1n) is 6.47. The maximum atomic E-state index is 11.4. The molecule has 0 spiro atoms. The Morgan fingerprint density at radius 1 is 1.10 bits per heavy atom. The van der Waals surface area contributed by atoms with E-state index in [1.165, 1.54) is 0 Å². The molecule has 0 radical (unpaired) electrons. The van der Waals surface area contributed by atoms with Gasteiger partial charge in [-0.1, -0.05) is 24.3 Å². The zero-order valence-electron chi connectivity index (χ0n) is 11.4. The second-order valence-corrected chi connectivity index (χ2v) is 4.49. The van der Waals surface area contributed by atoms with E-state index in [1.807, 2.05) is 24.3 Å². The summed E-state index contributed by atoms with van der Waals surface area (Å²) in [6.45, 7) is 0.342. The van der Waals surface area contributed by atoms with Gasteiger partial charge in [-0.2, -0.15) is 0 Å². The van der Waals surface area contributed by atoms with Crippen molar-refractivity contribution in [2.75, 3.05) is 0 Å². The summed E-state index contributed by atoms with van der Waals surface area (Å²) in [6, 6.07) is 14.4.